The Morgan fingerprint density at radius 2 is 1.74 bits per heavy atom. The van der Waals surface area contributed by atoms with Crippen LogP contribution < -0.4 is 21.7 Å². The van der Waals surface area contributed by atoms with Crippen LogP contribution in [0.3, 0.4) is 0 Å². The average molecular weight is 483 g/mol. The molecule has 1 aliphatic carbocycles. The van der Waals surface area contributed by atoms with Gasteiger partial charge in [0.1, 0.15) is 5.54 Å². The minimum absolute atomic E-state index is 0.0225. The number of unbranched alkanes of at least 4 members (excludes halogenated alkanes) is 2. The van der Waals surface area contributed by atoms with Gasteiger partial charge in [-0.15, -0.1) is 0 Å². The van der Waals surface area contributed by atoms with E-state index in [0.29, 0.717) is 30.2 Å². The largest absolute Gasteiger partial charge is 0.325 e. The lowest BCUT2D eigenvalue weighted by molar-refractivity contribution is -0.131. The standard InChI is InChI=1S/C24H30N6O5/c1-2-3-8-14-30-21(33)17-10-5-4-9-16(17)19(28-30)20(32)27-26-18(31)11-15-29-22(34)24(25-23(29)35)12-6-7-13-24/h4-5,9-10H,2-3,6-8,11-15H2,1H3,(H,25,35)(H,26,31)(H,27,32). The van der Waals surface area contributed by atoms with Gasteiger partial charge in [-0.05, 0) is 25.3 Å². The molecule has 186 valence electrons. The van der Waals surface area contributed by atoms with Crippen molar-refractivity contribution in [2.75, 3.05) is 6.54 Å². The van der Waals surface area contributed by atoms with Crippen molar-refractivity contribution in [2.24, 2.45) is 0 Å². The van der Waals surface area contributed by atoms with E-state index in [1.54, 1.807) is 24.3 Å². The van der Waals surface area contributed by atoms with Crippen LogP contribution in [0.4, 0.5) is 4.79 Å². The maximum absolute atomic E-state index is 12.9. The highest BCUT2D eigenvalue weighted by Crippen LogP contribution is 2.35. The first-order valence-corrected chi connectivity index (χ1v) is 12.1. The molecular weight excluding hydrogens is 452 g/mol. The number of nitrogens with one attached hydrogen (secondary N) is 3. The second-order valence-electron chi connectivity index (χ2n) is 9.06. The van der Waals surface area contributed by atoms with Crippen LogP contribution in [-0.2, 0) is 16.1 Å². The number of carbonyl (C=O) groups is 4. The molecule has 0 unspecified atom stereocenters. The molecule has 3 N–H and O–H groups in total. The van der Waals surface area contributed by atoms with E-state index in [2.05, 4.69) is 28.2 Å². The highest BCUT2D eigenvalue weighted by molar-refractivity contribution is 6.07. The number of hydrazine groups is 1. The van der Waals surface area contributed by atoms with Gasteiger partial charge in [0.25, 0.3) is 17.4 Å². The zero-order chi connectivity index (χ0) is 25.0. The quantitative estimate of drug-likeness (QED) is 0.296. The number of imide groups is 1. The fraction of sp³-hybridized carbons (Fsp3) is 0.500. The van der Waals surface area contributed by atoms with E-state index in [0.717, 1.165) is 37.0 Å². The summed E-state index contributed by atoms with van der Waals surface area (Å²) in [5.41, 5.74) is 3.57. The molecule has 0 atom stereocenters. The Labute approximate surface area is 202 Å². The number of fused-ring (bicyclic) bond motifs is 1. The fourth-order valence-electron chi connectivity index (χ4n) is 4.72. The van der Waals surface area contributed by atoms with Crippen LogP contribution in [0.2, 0.25) is 0 Å². The lowest BCUT2D eigenvalue weighted by Gasteiger charge is -2.19. The molecule has 2 aromatic rings. The molecule has 2 aliphatic rings. The molecule has 1 saturated carbocycles. The fourth-order valence-corrected chi connectivity index (χ4v) is 4.72. The Bertz CT molecular complexity index is 1220. The molecule has 2 fully saturated rings. The van der Waals surface area contributed by atoms with Crippen LogP contribution in [-0.4, -0.2) is 50.5 Å². The molecule has 11 heteroatoms. The molecule has 35 heavy (non-hydrogen) atoms. The Morgan fingerprint density at radius 1 is 1.03 bits per heavy atom. The topological polar surface area (TPSA) is 142 Å². The van der Waals surface area contributed by atoms with E-state index in [4.69, 9.17) is 0 Å². The number of benzene rings is 1. The van der Waals surface area contributed by atoms with E-state index < -0.39 is 23.4 Å². The number of aryl methyl sites for hydroxylation is 1. The molecule has 1 spiro atoms. The van der Waals surface area contributed by atoms with Crippen molar-refractivity contribution in [3.63, 3.8) is 0 Å². The highest BCUT2D eigenvalue weighted by Gasteiger charge is 2.52. The maximum atomic E-state index is 12.9. The molecule has 4 rings (SSSR count). The first-order chi connectivity index (χ1) is 16.9. The summed E-state index contributed by atoms with van der Waals surface area (Å²) in [6.45, 7) is 2.35. The van der Waals surface area contributed by atoms with Gasteiger partial charge in [-0.2, -0.15) is 5.10 Å². The number of hydrogen-bond donors (Lipinski definition) is 3. The summed E-state index contributed by atoms with van der Waals surface area (Å²) in [5, 5.41) is 7.78. The third-order valence-electron chi connectivity index (χ3n) is 6.64. The molecule has 1 aromatic carbocycles. The van der Waals surface area contributed by atoms with Crippen molar-refractivity contribution in [2.45, 2.75) is 70.4 Å². The first-order valence-electron chi connectivity index (χ1n) is 12.1. The minimum Gasteiger partial charge on any atom is -0.323 e. The first kappa shape index (κ1) is 24.4. The van der Waals surface area contributed by atoms with E-state index in [1.165, 1.54) is 4.68 Å². The predicted molar refractivity (Wildman–Crippen MR) is 127 cm³/mol. The van der Waals surface area contributed by atoms with Crippen molar-refractivity contribution in [1.29, 1.82) is 0 Å². The zero-order valence-electron chi connectivity index (χ0n) is 19.8. The van der Waals surface area contributed by atoms with Gasteiger partial charge in [-0.1, -0.05) is 50.8 Å². The number of rotatable bonds is 8. The number of amides is 5. The van der Waals surface area contributed by atoms with Crippen molar-refractivity contribution >= 4 is 34.5 Å². The Balaban J connectivity index is 1.39. The lowest BCUT2D eigenvalue weighted by Crippen LogP contribution is -2.45. The summed E-state index contributed by atoms with van der Waals surface area (Å²) in [6.07, 6.45) is 5.46. The molecule has 1 aliphatic heterocycles. The summed E-state index contributed by atoms with van der Waals surface area (Å²) >= 11 is 0. The van der Waals surface area contributed by atoms with E-state index >= 15 is 0 Å². The Kier molecular flexibility index (Phi) is 7.13. The zero-order valence-corrected chi connectivity index (χ0v) is 19.8. The molecule has 5 amide bonds. The highest BCUT2D eigenvalue weighted by atomic mass is 16.2. The molecule has 0 radical (unpaired) electrons. The van der Waals surface area contributed by atoms with Gasteiger partial charge >= 0.3 is 6.03 Å². The van der Waals surface area contributed by atoms with Gasteiger partial charge in [0.15, 0.2) is 5.69 Å². The molecule has 1 saturated heterocycles. The van der Waals surface area contributed by atoms with E-state index in [1.807, 2.05) is 0 Å². The summed E-state index contributed by atoms with van der Waals surface area (Å²) in [4.78, 5) is 64.0. The lowest BCUT2D eigenvalue weighted by atomic mass is 9.98. The van der Waals surface area contributed by atoms with Gasteiger partial charge in [0, 0.05) is 24.9 Å². The molecule has 2 heterocycles. The molecular formula is C24H30N6O5. The number of urea groups is 1. The van der Waals surface area contributed by atoms with Crippen LogP contribution >= 0.6 is 0 Å². The molecule has 0 bridgehead atoms. The van der Waals surface area contributed by atoms with E-state index in [9.17, 15) is 24.0 Å². The third kappa shape index (κ3) is 4.89. The number of carbonyl (C=O) groups excluding carboxylic acids is 4. The van der Waals surface area contributed by atoms with Crippen LogP contribution in [0.1, 0.15) is 68.8 Å². The maximum Gasteiger partial charge on any atom is 0.325 e. The van der Waals surface area contributed by atoms with Crippen LogP contribution in [0, 0.1) is 0 Å². The van der Waals surface area contributed by atoms with Gasteiger partial charge in [0.05, 0.1) is 5.39 Å². The van der Waals surface area contributed by atoms with Gasteiger partial charge in [-0.25, -0.2) is 9.48 Å². The van der Waals surface area contributed by atoms with Crippen molar-refractivity contribution in [1.82, 2.24) is 30.8 Å². The molecule has 1 aromatic heterocycles. The summed E-state index contributed by atoms with van der Waals surface area (Å²) < 4.78 is 1.28. The smallest absolute Gasteiger partial charge is 0.323 e. The summed E-state index contributed by atoms with van der Waals surface area (Å²) in [7, 11) is 0. The number of aromatic nitrogens is 2. The monoisotopic (exact) mass is 482 g/mol. The van der Waals surface area contributed by atoms with Gasteiger partial charge < -0.3 is 5.32 Å². The summed E-state index contributed by atoms with van der Waals surface area (Å²) in [6, 6.07) is 6.20. The average Bonchev–Trinajstić information content (AvgIpc) is 3.42. The third-order valence-corrected chi connectivity index (χ3v) is 6.64. The van der Waals surface area contributed by atoms with Crippen molar-refractivity contribution in [3.05, 3.63) is 40.3 Å². The van der Waals surface area contributed by atoms with Gasteiger partial charge in [-0.3, -0.25) is 34.9 Å². The van der Waals surface area contributed by atoms with Crippen LogP contribution in [0.5, 0.6) is 0 Å². The van der Waals surface area contributed by atoms with Crippen LogP contribution in [0.15, 0.2) is 29.1 Å². The molecule has 11 nitrogen and oxygen atoms in total. The van der Waals surface area contributed by atoms with Crippen molar-refractivity contribution in [3.8, 4) is 0 Å². The Hall–Kier alpha value is -3.76. The van der Waals surface area contributed by atoms with Crippen LogP contribution in [0.25, 0.3) is 10.8 Å². The summed E-state index contributed by atoms with van der Waals surface area (Å²) in [5.74, 6) is -1.52. The Morgan fingerprint density at radius 3 is 2.46 bits per heavy atom. The number of nitrogens with zero attached hydrogens (tertiary/aromatic N) is 3. The second kappa shape index (κ2) is 10.2. The van der Waals surface area contributed by atoms with E-state index in [-0.39, 0.29) is 30.1 Å². The normalized spacial score (nSPS) is 16.7. The second-order valence-corrected chi connectivity index (χ2v) is 9.06. The van der Waals surface area contributed by atoms with Gasteiger partial charge in [0.2, 0.25) is 5.91 Å². The van der Waals surface area contributed by atoms with Crippen molar-refractivity contribution < 1.29 is 19.2 Å². The predicted octanol–water partition coefficient (Wildman–Crippen LogP) is 1.60. The number of hydrogen-bond acceptors (Lipinski definition) is 6. The minimum atomic E-state index is -0.825. The SMILES string of the molecule is CCCCCn1nc(C(=O)NNC(=O)CCN2C(=O)NC3(CCCC3)C2=O)c2ccccc2c1=O.